The van der Waals surface area contributed by atoms with Gasteiger partial charge in [-0.05, 0) is 31.7 Å². The number of urea groups is 1. The van der Waals surface area contributed by atoms with E-state index in [0.717, 1.165) is 5.56 Å². The number of hydrogen-bond acceptors (Lipinski definition) is 19. The molecule has 0 aromatic heterocycles. The zero-order valence-electron chi connectivity index (χ0n) is 41.5. The summed E-state index contributed by atoms with van der Waals surface area (Å²) in [6, 6.07) is 2.60. The lowest BCUT2D eigenvalue weighted by Gasteiger charge is -2.22. The first kappa shape index (κ1) is 66.0. The molecule has 0 saturated heterocycles. The molecule has 6 amide bonds. The Morgan fingerprint density at radius 3 is 1.69 bits per heavy atom. The smallest absolute Gasteiger partial charge is 0.326 e. The predicted octanol–water partition coefficient (Wildman–Crippen LogP) is -1.71. The van der Waals surface area contributed by atoms with Crippen molar-refractivity contribution in [2.24, 2.45) is 5.73 Å². The SMILES string of the molecule is C[C@H](CS)NC(=O)[C@H](CC(=O)O)NC(=O)[C@@H](N)CCC(=O)[C@H](Cc1ccccc1)NC(=O)CCOCCOCCOCCOCCOCCOCCNC(=O)CC[C@H](NC(=O)N[C@@H](CCC(=O)O)OC=O)C(=O)O. The lowest BCUT2D eigenvalue weighted by Crippen LogP contribution is -2.54. The summed E-state index contributed by atoms with van der Waals surface area (Å²) in [6.45, 7) is 4.87. The van der Waals surface area contributed by atoms with Gasteiger partial charge in [0, 0.05) is 44.0 Å². The minimum atomic E-state index is -1.45. The highest BCUT2D eigenvalue weighted by molar-refractivity contribution is 7.80. The van der Waals surface area contributed by atoms with Gasteiger partial charge in [-0.2, -0.15) is 12.6 Å². The predicted molar refractivity (Wildman–Crippen MR) is 263 cm³/mol. The van der Waals surface area contributed by atoms with Crippen LogP contribution in [-0.2, 0) is 82.7 Å². The number of aliphatic carboxylic acids is 3. The van der Waals surface area contributed by atoms with Crippen LogP contribution in [0.1, 0.15) is 63.9 Å². The Morgan fingerprint density at radius 2 is 1.16 bits per heavy atom. The highest BCUT2D eigenvalue weighted by Crippen LogP contribution is 2.09. The molecule has 0 radical (unpaired) electrons. The largest absolute Gasteiger partial charge is 0.481 e. The summed E-state index contributed by atoms with van der Waals surface area (Å²) in [5.41, 5.74) is 6.82. The zero-order chi connectivity index (χ0) is 54.9. The maximum atomic E-state index is 13.3. The van der Waals surface area contributed by atoms with Crippen molar-refractivity contribution in [3.05, 3.63) is 35.9 Å². The minimum absolute atomic E-state index is 0.0142. The normalized spacial score (nSPS) is 13.4. The third-order valence-electron chi connectivity index (χ3n) is 10.0. The number of ketones is 1. The number of Topliss-reactive ketones (excluding diaryl/α,β-unsaturated/α-hetero) is 1. The van der Waals surface area contributed by atoms with E-state index in [-0.39, 0.29) is 115 Å². The Labute approximate surface area is 434 Å². The number of carboxylic acids is 3. The van der Waals surface area contributed by atoms with Crippen molar-refractivity contribution in [1.82, 2.24) is 31.9 Å². The number of rotatable bonds is 46. The second kappa shape index (κ2) is 41.4. The Morgan fingerprint density at radius 1 is 0.595 bits per heavy atom. The zero-order valence-corrected chi connectivity index (χ0v) is 42.4. The fourth-order valence-corrected chi connectivity index (χ4v) is 6.20. The Hall–Kier alpha value is -6.01. The molecule has 28 heteroatoms. The van der Waals surface area contributed by atoms with E-state index in [1.54, 1.807) is 31.2 Å². The number of nitrogens with two attached hydrogens (primary N) is 1. The monoisotopic (exact) mass is 1080 g/mol. The van der Waals surface area contributed by atoms with Crippen molar-refractivity contribution in [2.75, 3.05) is 91.6 Å². The fourth-order valence-electron chi connectivity index (χ4n) is 6.11. The van der Waals surface area contributed by atoms with Gasteiger partial charge in [0.1, 0.15) is 12.1 Å². The summed E-state index contributed by atoms with van der Waals surface area (Å²) in [5, 5.41) is 41.9. The molecule has 0 unspecified atom stereocenters. The molecule has 0 bridgehead atoms. The van der Waals surface area contributed by atoms with Crippen LogP contribution < -0.4 is 37.6 Å². The molecule has 11 N–H and O–H groups in total. The maximum absolute atomic E-state index is 13.3. The molecule has 1 aromatic carbocycles. The van der Waals surface area contributed by atoms with Crippen molar-refractivity contribution in [3.8, 4) is 0 Å². The van der Waals surface area contributed by atoms with Crippen LogP contribution in [-0.4, -0.2) is 203 Å². The molecule has 0 aliphatic carbocycles. The molecule has 74 heavy (non-hydrogen) atoms. The Kier molecular flexibility index (Phi) is 36.9. The highest BCUT2D eigenvalue weighted by Gasteiger charge is 2.29. The standard InChI is InChI=1S/C46H73N7O20S/c1-31(29-74)49-44(63)36(28-42(60)61)51-43(62)33(47)7-9-37(55)35(27-32-5-3-2-4-6-32)50-39(57)13-15-67-17-19-69-21-23-71-25-26-72-24-22-70-20-18-68-16-14-48-38(56)10-8-34(45(64)65)52-46(66)53-40(73-30-54)11-12-41(58)59/h2-6,30-31,33-36,40,74H,7-29,47H2,1H3,(H,48,56)(H,49,63)(H,50,57)(H,51,62)(H,58,59)(H,60,61)(H,64,65)(H2,52,53,66)/t31-,33+,34+,35+,36+,40-/m1/s1. The van der Waals surface area contributed by atoms with Crippen LogP contribution in [0.4, 0.5) is 4.79 Å². The van der Waals surface area contributed by atoms with Crippen LogP contribution in [0.2, 0.25) is 0 Å². The van der Waals surface area contributed by atoms with Gasteiger partial charge in [-0.15, -0.1) is 0 Å². The number of nitrogens with one attached hydrogen (secondary N) is 6. The molecule has 0 aliphatic rings. The molecule has 0 spiro atoms. The van der Waals surface area contributed by atoms with Crippen LogP contribution in [0.3, 0.4) is 0 Å². The first-order valence-corrected chi connectivity index (χ1v) is 24.5. The van der Waals surface area contributed by atoms with E-state index in [0.29, 0.717) is 39.6 Å². The number of carboxylic acid groups (broad SMARTS) is 3. The molecule has 27 nitrogen and oxygen atoms in total. The van der Waals surface area contributed by atoms with E-state index in [9.17, 15) is 58.2 Å². The third-order valence-corrected chi connectivity index (χ3v) is 10.6. The topological polar surface area (TPSA) is 394 Å². The van der Waals surface area contributed by atoms with Crippen molar-refractivity contribution in [3.63, 3.8) is 0 Å². The third kappa shape index (κ3) is 34.4. The second-order valence-electron chi connectivity index (χ2n) is 16.1. The van der Waals surface area contributed by atoms with Gasteiger partial charge in [-0.25, -0.2) is 9.59 Å². The van der Waals surface area contributed by atoms with E-state index in [1.165, 1.54) is 0 Å². The van der Waals surface area contributed by atoms with E-state index in [1.807, 2.05) is 6.07 Å². The summed E-state index contributed by atoms with van der Waals surface area (Å²) in [4.78, 5) is 120. The summed E-state index contributed by atoms with van der Waals surface area (Å²) in [7, 11) is 0. The van der Waals surface area contributed by atoms with Crippen LogP contribution in [0.25, 0.3) is 0 Å². The van der Waals surface area contributed by atoms with Crippen LogP contribution >= 0.6 is 12.6 Å². The molecule has 0 fully saturated rings. The first-order valence-electron chi connectivity index (χ1n) is 23.8. The quantitative estimate of drug-likeness (QED) is 0.0150. The molecule has 0 saturated carbocycles. The average molecular weight is 1080 g/mol. The van der Waals surface area contributed by atoms with E-state index < -0.39 is 90.8 Å². The Balaban J connectivity index is 2.17. The molecule has 1 rings (SSSR count). The minimum Gasteiger partial charge on any atom is -0.481 e. The number of carbonyl (C=O) groups is 10. The number of carbonyl (C=O) groups excluding carboxylic acids is 7. The summed E-state index contributed by atoms with van der Waals surface area (Å²) in [5.74, 6) is -6.43. The molecule has 6 atom stereocenters. The van der Waals surface area contributed by atoms with Gasteiger partial charge in [0.05, 0.1) is 104 Å². The summed E-state index contributed by atoms with van der Waals surface area (Å²) in [6.07, 6.45) is -3.28. The van der Waals surface area contributed by atoms with Crippen molar-refractivity contribution in [2.45, 2.75) is 101 Å². The molecular formula is C46H73N7O20S. The molecule has 418 valence electrons. The van der Waals surface area contributed by atoms with E-state index >= 15 is 0 Å². The average Bonchev–Trinajstić information content (AvgIpc) is 3.35. The molecule has 1 aromatic rings. The lowest BCUT2D eigenvalue weighted by molar-refractivity contribution is -0.141. The van der Waals surface area contributed by atoms with Gasteiger partial charge in [0.2, 0.25) is 23.6 Å². The maximum Gasteiger partial charge on any atom is 0.326 e. The molecular weight excluding hydrogens is 1000 g/mol. The fraction of sp³-hybridized carbons (Fsp3) is 0.652. The van der Waals surface area contributed by atoms with Gasteiger partial charge in [-0.1, -0.05) is 30.3 Å². The Bertz CT molecular complexity index is 1850. The number of ether oxygens (including phenoxy) is 7. The summed E-state index contributed by atoms with van der Waals surface area (Å²) < 4.78 is 37.3. The van der Waals surface area contributed by atoms with Gasteiger partial charge in [-0.3, -0.25) is 38.4 Å². The lowest BCUT2D eigenvalue weighted by atomic mass is 9.97. The van der Waals surface area contributed by atoms with Gasteiger partial charge < -0.3 is 86.1 Å². The van der Waals surface area contributed by atoms with Crippen molar-refractivity contribution in [1.29, 1.82) is 0 Å². The second-order valence-corrected chi connectivity index (χ2v) is 16.5. The van der Waals surface area contributed by atoms with Crippen molar-refractivity contribution >= 4 is 72.5 Å². The van der Waals surface area contributed by atoms with Crippen molar-refractivity contribution < 1.29 is 96.4 Å². The van der Waals surface area contributed by atoms with Gasteiger partial charge in [0.15, 0.2) is 12.0 Å². The number of hydrogen-bond donors (Lipinski definition) is 11. The number of thiol groups is 1. The van der Waals surface area contributed by atoms with Crippen LogP contribution in [0.15, 0.2) is 30.3 Å². The van der Waals surface area contributed by atoms with Gasteiger partial charge >= 0.3 is 23.9 Å². The van der Waals surface area contributed by atoms with E-state index in [4.69, 9.17) is 39.3 Å². The number of benzene rings is 1. The highest BCUT2D eigenvalue weighted by atomic mass is 32.1. The van der Waals surface area contributed by atoms with Crippen LogP contribution in [0, 0.1) is 0 Å². The molecule has 0 heterocycles. The van der Waals surface area contributed by atoms with Crippen LogP contribution in [0.5, 0.6) is 0 Å². The molecule has 0 aliphatic heterocycles. The van der Waals surface area contributed by atoms with E-state index in [2.05, 4.69) is 49.3 Å². The number of amides is 6. The summed E-state index contributed by atoms with van der Waals surface area (Å²) >= 11 is 4.09. The van der Waals surface area contributed by atoms with Gasteiger partial charge in [0.25, 0.3) is 6.47 Å². The first-order chi connectivity index (χ1) is 35.4.